The standard InChI is InChI=1S/C7H14O.C5H10O/c1-4-5-7(8)6(2)3;1-4(2)5(3)6/h6H,4-5H2,1-3H3;4H,1-3H3. The summed E-state index contributed by atoms with van der Waals surface area (Å²) in [7, 11) is 0. The topological polar surface area (TPSA) is 34.1 Å². The lowest BCUT2D eigenvalue weighted by molar-refractivity contribution is -0.122. The van der Waals surface area contributed by atoms with E-state index in [1.54, 1.807) is 6.92 Å². The van der Waals surface area contributed by atoms with Crippen LogP contribution < -0.4 is 0 Å². The molecule has 0 aromatic heterocycles. The van der Waals surface area contributed by atoms with Gasteiger partial charge in [-0.3, -0.25) is 9.59 Å². The highest BCUT2D eigenvalue weighted by atomic mass is 16.1. The molecule has 0 rings (SSSR count). The lowest BCUT2D eigenvalue weighted by atomic mass is 10.1. The van der Waals surface area contributed by atoms with Crippen molar-refractivity contribution < 1.29 is 9.59 Å². The van der Waals surface area contributed by atoms with E-state index in [0.717, 1.165) is 12.8 Å². The van der Waals surface area contributed by atoms with Crippen molar-refractivity contribution in [2.24, 2.45) is 11.8 Å². The second-order valence-electron chi connectivity index (χ2n) is 4.14. The van der Waals surface area contributed by atoms with Gasteiger partial charge in [0.1, 0.15) is 11.6 Å². The lowest BCUT2D eigenvalue weighted by Gasteiger charge is -1.98. The van der Waals surface area contributed by atoms with E-state index < -0.39 is 0 Å². The zero-order valence-corrected chi connectivity index (χ0v) is 10.4. The molecule has 0 saturated carbocycles. The molecule has 0 aliphatic carbocycles. The van der Waals surface area contributed by atoms with Gasteiger partial charge < -0.3 is 0 Å². The van der Waals surface area contributed by atoms with E-state index in [9.17, 15) is 9.59 Å². The molecular formula is C12H24O2. The molecule has 0 aromatic rings. The SMILES string of the molecule is CC(=O)C(C)C.CCCC(=O)C(C)C. The summed E-state index contributed by atoms with van der Waals surface area (Å²) in [5.74, 6) is 1.09. The van der Waals surface area contributed by atoms with Gasteiger partial charge in [0, 0.05) is 18.3 Å². The van der Waals surface area contributed by atoms with Crippen LogP contribution in [-0.2, 0) is 9.59 Å². The van der Waals surface area contributed by atoms with Gasteiger partial charge in [-0.15, -0.1) is 0 Å². The van der Waals surface area contributed by atoms with Gasteiger partial charge in [0.25, 0.3) is 0 Å². The molecular weight excluding hydrogens is 176 g/mol. The molecule has 0 saturated heterocycles. The number of hydrogen-bond acceptors (Lipinski definition) is 2. The monoisotopic (exact) mass is 200 g/mol. The molecule has 0 bridgehead atoms. The predicted molar refractivity (Wildman–Crippen MR) is 60.3 cm³/mol. The summed E-state index contributed by atoms with van der Waals surface area (Å²) in [6.07, 6.45) is 1.73. The van der Waals surface area contributed by atoms with Gasteiger partial charge in [0.15, 0.2) is 0 Å². The third kappa shape index (κ3) is 11.3. The fraction of sp³-hybridized carbons (Fsp3) is 0.833. The minimum absolute atomic E-state index is 0.213. The van der Waals surface area contributed by atoms with E-state index in [1.165, 1.54) is 0 Å². The third-order valence-electron chi connectivity index (χ3n) is 1.95. The van der Waals surface area contributed by atoms with Crippen LogP contribution in [0.15, 0.2) is 0 Å². The van der Waals surface area contributed by atoms with E-state index in [4.69, 9.17) is 0 Å². The highest BCUT2D eigenvalue weighted by Crippen LogP contribution is 1.99. The molecule has 0 aliphatic rings. The number of Topliss-reactive ketones (excluding diaryl/α,β-unsaturated/α-hetero) is 2. The molecule has 2 heteroatoms. The van der Waals surface area contributed by atoms with Crippen molar-refractivity contribution in [1.82, 2.24) is 0 Å². The van der Waals surface area contributed by atoms with Crippen LogP contribution in [0.3, 0.4) is 0 Å². The molecule has 0 N–H and O–H groups in total. The summed E-state index contributed by atoms with van der Waals surface area (Å²) >= 11 is 0. The van der Waals surface area contributed by atoms with Gasteiger partial charge in [-0.25, -0.2) is 0 Å². The van der Waals surface area contributed by atoms with Crippen molar-refractivity contribution in [1.29, 1.82) is 0 Å². The largest absolute Gasteiger partial charge is 0.300 e. The Morgan fingerprint density at radius 3 is 1.43 bits per heavy atom. The van der Waals surface area contributed by atoms with Gasteiger partial charge >= 0.3 is 0 Å². The van der Waals surface area contributed by atoms with Crippen molar-refractivity contribution in [2.75, 3.05) is 0 Å². The van der Waals surface area contributed by atoms with Gasteiger partial charge in [0.05, 0.1) is 0 Å². The quantitative estimate of drug-likeness (QED) is 0.698. The van der Waals surface area contributed by atoms with E-state index >= 15 is 0 Å². The van der Waals surface area contributed by atoms with Crippen molar-refractivity contribution in [3.05, 3.63) is 0 Å². The molecule has 0 radical (unpaired) electrons. The number of carbonyl (C=O) groups excluding carboxylic acids is 2. The van der Waals surface area contributed by atoms with Crippen LogP contribution in [0.2, 0.25) is 0 Å². The molecule has 0 atom stereocenters. The molecule has 0 fully saturated rings. The summed E-state index contributed by atoms with van der Waals surface area (Å²) < 4.78 is 0. The average Bonchev–Trinajstić information content (AvgIpc) is 2.05. The number of hydrogen-bond donors (Lipinski definition) is 0. The second kappa shape index (κ2) is 8.92. The molecule has 0 aromatic carbocycles. The zero-order chi connectivity index (χ0) is 11.7. The Balaban J connectivity index is 0. The highest BCUT2D eigenvalue weighted by Gasteiger charge is 2.03. The summed E-state index contributed by atoms with van der Waals surface area (Å²) in [6.45, 7) is 11.3. The molecule has 14 heavy (non-hydrogen) atoms. The summed E-state index contributed by atoms with van der Waals surface area (Å²) in [5, 5.41) is 0. The maximum atomic E-state index is 10.7. The average molecular weight is 200 g/mol. The van der Waals surface area contributed by atoms with Crippen LogP contribution in [0.1, 0.15) is 54.4 Å². The Labute approximate surface area is 88.1 Å². The summed E-state index contributed by atoms with van der Waals surface area (Å²) in [4.78, 5) is 20.9. The minimum atomic E-state index is 0.213. The van der Waals surface area contributed by atoms with Crippen LogP contribution in [0, 0.1) is 11.8 Å². The highest BCUT2D eigenvalue weighted by molar-refractivity contribution is 5.80. The minimum Gasteiger partial charge on any atom is -0.300 e. The summed E-state index contributed by atoms with van der Waals surface area (Å²) in [5.41, 5.74) is 0. The molecule has 2 nitrogen and oxygen atoms in total. The second-order valence-corrected chi connectivity index (χ2v) is 4.14. The Morgan fingerprint density at radius 1 is 1.00 bits per heavy atom. The molecule has 0 aliphatic heterocycles. The maximum Gasteiger partial charge on any atom is 0.135 e. The van der Waals surface area contributed by atoms with Crippen molar-refractivity contribution in [3.8, 4) is 0 Å². The fourth-order valence-electron chi connectivity index (χ4n) is 0.535. The molecule has 0 heterocycles. The first-order chi connectivity index (χ1) is 6.32. The Morgan fingerprint density at radius 2 is 1.36 bits per heavy atom. The lowest BCUT2D eigenvalue weighted by Crippen LogP contribution is -2.04. The van der Waals surface area contributed by atoms with Crippen LogP contribution in [0.5, 0.6) is 0 Å². The first-order valence-electron chi connectivity index (χ1n) is 5.36. The number of ketones is 2. The van der Waals surface area contributed by atoms with Gasteiger partial charge in [0.2, 0.25) is 0 Å². The van der Waals surface area contributed by atoms with Gasteiger partial charge in [-0.2, -0.15) is 0 Å². The number of rotatable bonds is 4. The first-order valence-corrected chi connectivity index (χ1v) is 5.36. The van der Waals surface area contributed by atoms with E-state index in [2.05, 4.69) is 0 Å². The normalized spacial score (nSPS) is 9.71. The first kappa shape index (κ1) is 15.8. The smallest absolute Gasteiger partial charge is 0.135 e. The van der Waals surface area contributed by atoms with Crippen molar-refractivity contribution in [3.63, 3.8) is 0 Å². The maximum absolute atomic E-state index is 10.7. The molecule has 0 unspecified atom stereocenters. The molecule has 84 valence electrons. The van der Waals surface area contributed by atoms with Crippen LogP contribution in [0.4, 0.5) is 0 Å². The van der Waals surface area contributed by atoms with Gasteiger partial charge in [-0.1, -0.05) is 34.6 Å². The van der Waals surface area contributed by atoms with Crippen LogP contribution >= 0.6 is 0 Å². The van der Waals surface area contributed by atoms with E-state index in [0.29, 0.717) is 5.78 Å². The fourth-order valence-corrected chi connectivity index (χ4v) is 0.535. The van der Waals surface area contributed by atoms with E-state index in [1.807, 2.05) is 34.6 Å². The van der Waals surface area contributed by atoms with Crippen LogP contribution in [0.25, 0.3) is 0 Å². The predicted octanol–water partition coefficient (Wildman–Crippen LogP) is 3.24. The Hall–Kier alpha value is -0.660. The van der Waals surface area contributed by atoms with Crippen molar-refractivity contribution in [2.45, 2.75) is 54.4 Å². The van der Waals surface area contributed by atoms with E-state index in [-0.39, 0.29) is 17.6 Å². The third-order valence-corrected chi connectivity index (χ3v) is 1.95. The molecule has 0 amide bonds. The van der Waals surface area contributed by atoms with Crippen molar-refractivity contribution >= 4 is 11.6 Å². The Kier molecular flexibility index (Phi) is 10.1. The molecule has 0 spiro atoms. The summed E-state index contributed by atoms with van der Waals surface area (Å²) in [6, 6.07) is 0. The Bertz CT molecular complexity index is 169. The number of carbonyl (C=O) groups is 2. The zero-order valence-electron chi connectivity index (χ0n) is 10.4. The van der Waals surface area contributed by atoms with Gasteiger partial charge in [-0.05, 0) is 13.3 Å². The van der Waals surface area contributed by atoms with Crippen LogP contribution in [-0.4, -0.2) is 11.6 Å².